The summed E-state index contributed by atoms with van der Waals surface area (Å²) in [7, 11) is 0. The highest BCUT2D eigenvalue weighted by atomic mass is 16.2. The van der Waals surface area contributed by atoms with Crippen molar-refractivity contribution in [3.05, 3.63) is 34.4 Å². The molecule has 19 heavy (non-hydrogen) atoms. The Hall–Kier alpha value is -1.82. The number of aryl methyl sites for hydroxylation is 3. The summed E-state index contributed by atoms with van der Waals surface area (Å²) in [4.78, 5) is 13.9. The lowest BCUT2D eigenvalue weighted by molar-refractivity contribution is -0.134. The van der Waals surface area contributed by atoms with Crippen LogP contribution < -0.4 is 0 Å². The predicted octanol–water partition coefficient (Wildman–Crippen LogP) is 2.87. The standard InChI is InChI=1S/C16H20N2O/c1-11-6-12(2)15(13(3)7-11)10-18-5-4-14(9-17)8-16(18)19/h6-7,14H,4-5,8,10H2,1-3H3. The van der Waals surface area contributed by atoms with Gasteiger partial charge in [-0.25, -0.2) is 0 Å². The van der Waals surface area contributed by atoms with E-state index in [1.54, 1.807) is 0 Å². The van der Waals surface area contributed by atoms with Crippen LogP contribution in [0, 0.1) is 38.0 Å². The molecule has 0 N–H and O–H groups in total. The molecule has 1 fully saturated rings. The molecule has 1 unspecified atom stereocenters. The molecule has 0 aromatic heterocycles. The molecule has 1 aromatic rings. The monoisotopic (exact) mass is 256 g/mol. The van der Waals surface area contributed by atoms with Gasteiger partial charge in [-0.3, -0.25) is 4.79 Å². The molecule has 1 aliphatic heterocycles. The van der Waals surface area contributed by atoms with Crippen LogP contribution in [0.4, 0.5) is 0 Å². The van der Waals surface area contributed by atoms with E-state index in [1.807, 2.05) is 4.90 Å². The van der Waals surface area contributed by atoms with Crippen molar-refractivity contribution in [1.29, 1.82) is 5.26 Å². The van der Waals surface area contributed by atoms with Gasteiger partial charge in [0.2, 0.25) is 5.91 Å². The average Bonchev–Trinajstić information content (AvgIpc) is 2.35. The van der Waals surface area contributed by atoms with Gasteiger partial charge in [0.1, 0.15) is 0 Å². The second-order valence-corrected chi connectivity index (χ2v) is 5.51. The summed E-state index contributed by atoms with van der Waals surface area (Å²) in [6, 6.07) is 6.52. The lowest BCUT2D eigenvalue weighted by Gasteiger charge is -2.30. The van der Waals surface area contributed by atoms with E-state index in [2.05, 4.69) is 39.0 Å². The minimum Gasteiger partial charge on any atom is -0.338 e. The zero-order valence-corrected chi connectivity index (χ0v) is 11.9. The van der Waals surface area contributed by atoms with Crippen LogP contribution >= 0.6 is 0 Å². The Morgan fingerprint density at radius 2 is 1.95 bits per heavy atom. The van der Waals surface area contributed by atoms with Crippen molar-refractivity contribution in [1.82, 2.24) is 4.90 Å². The normalized spacial score (nSPS) is 19.4. The van der Waals surface area contributed by atoms with Crippen molar-refractivity contribution in [3.8, 4) is 6.07 Å². The number of nitrogens with zero attached hydrogens (tertiary/aromatic N) is 2. The third kappa shape index (κ3) is 2.96. The molecule has 1 aliphatic rings. The van der Waals surface area contributed by atoms with Gasteiger partial charge in [0, 0.05) is 19.5 Å². The first kappa shape index (κ1) is 13.6. The number of nitriles is 1. The van der Waals surface area contributed by atoms with Crippen LogP contribution in [0.2, 0.25) is 0 Å². The quantitative estimate of drug-likeness (QED) is 0.816. The van der Waals surface area contributed by atoms with Gasteiger partial charge in [-0.2, -0.15) is 5.26 Å². The summed E-state index contributed by atoms with van der Waals surface area (Å²) in [5.41, 5.74) is 4.99. The smallest absolute Gasteiger partial charge is 0.224 e. The van der Waals surface area contributed by atoms with E-state index in [4.69, 9.17) is 5.26 Å². The van der Waals surface area contributed by atoms with Crippen LogP contribution in [-0.4, -0.2) is 17.4 Å². The van der Waals surface area contributed by atoms with Crippen LogP contribution in [0.1, 0.15) is 35.1 Å². The second kappa shape index (κ2) is 5.44. The molecule has 0 aliphatic carbocycles. The van der Waals surface area contributed by atoms with Crippen LogP contribution in [0.25, 0.3) is 0 Å². The Balaban J connectivity index is 2.15. The molecule has 1 amide bonds. The van der Waals surface area contributed by atoms with Gasteiger partial charge >= 0.3 is 0 Å². The van der Waals surface area contributed by atoms with Gasteiger partial charge in [-0.05, 0) is 43.9 Å². The summed E-state index contributed by atoms with van der Waals surface area (Å²) in [5, 5.41) is 8.88. The van der Waals surface area contributed by atoms with Crippen molar-refractivity contribution >= 4 is 5.91 Å². The molecular formula is C16H20N2O. The minimum absolute atomic E-state index is 0.0936. The van der Waals surface area contributed by atoms with Crippen LogP contribution in [0.5, 0.6) is 0 Å². The molecule has 1 atom stereocenters. The van der Waals surface area contributed by atoms with Crippen LogP contribution in [0.15, 0.2) is 12.1 Å². The molecule has 100 valence electrons. The first-order valence-electron chi connectivity index (χ1n) is 6.75. The minimum atomic E-state index is -0.0936. The van der Waals surface area contributed by atoms with Crippen LogP contribution in [-0.2, 0) is 11.3 Å². The maximum Gasteiger partial charge on any atom is 0.224 e. The fourth-order valence-electron chi connectivity index (χ4n) is 2.81. The number of piperidine rings is 1. The lowest BCUT2D eigenvalue weighted by Crippen LogP contribution is -2.38. The Morgan fingerprint density at radius 1 is 1.32 bits per heavy atom. The zero-order chi connectivity index (χ0) is 14.0. The fraction of sp³-hybridized carbons (Fsp3) is 0.500. The summed E-state index contributed by atoms with van der Waals surface area (Å²) in [6.07, 6.45) is 1.17. The molecule has 0 bridgehead atoms. The van der Waals surface area contributed by atoms with Crippen molar-refractivity contribution in [3.63, 3.8) is 0 Å². The molecular weight excluding hydrogens is 236 g/mol. The van der Waals surface area contributed by atoms with Gasteiger partial charge in [-0.1, -0.05) is 17.7 Å². The molecule has 0 radical (unpaired) electrons. The third-order valence-corrected chi connectivity index (χ3v) is 3.89. The number of hydrogen-bond donors (Lipinski definition) is 0. The van der Waals surface area contributed by atoms with Crippen molar-refractivity contribution in [2.75, 3.05) is 6.54 Å². The van der Waals surface area contributed by atoms with Gasteiger partial charge in [0.05, 0.1) is 12.0 Å². The average molecular weight is 256 g/mol. The largest absolute Gasteiger partial charge is 0.338 e. The zero-order valence-electron chi connectivity index (χ0n) is 11.9. The van der Waals surface area contributed by atoms with Gasteiger partial charge in [0.15, 0.2) is 0 Å². The molecule has 0 saturated carbocycles. The number of likely N-dealkylation sites (tertiary alicyclic amines) is 1. The Labute approximate surface area is 114 Å². The lowest BCUT2D eigenvalue weighted by atomic mass is 9.95. The fourth-order valence-corrected chi connectivity index (χ4v) is 2.81. The van der Waals surface area contributed by atoms with E-state index >= 15 is 0 Å². The Bertz CT molecular complexity index is 519. The molecule has 1 heterocycles. The maximum absolute atomic E-state index is 12.0. The molecule has 0 spiro atoms. The molecule has 2 rings (SSSR count). The molecule has 1 aromatic carbocycles. The summed E-state index contributed by atoms with van der Waals surface area (Å²) < 4.78 is 0. The highest BCUT2D eigenvalue weighted by Gasteiger charge is 2.26. The van der Waals surface area contributed by atoms with E-state index in [9.17, 15) is 4.79 Å². The van der Waals surface area contributed by atoms with E-state index in [0.717, 1.165) is 6.42 Å². The maximum atomic E-state index is 12.0. The van der Waals surface area contributed by atoms with E-state index < -0.39 is 0 Å². The molecule has 3 nitrogen and oxygen atoms in total. The van der Waals surface area contributed by atoms with E-state index in [1.165, 1.54) is 22.3 Å². The Kier molecular flexibility index (Phi) is 3.90. The summed E-state index contributed by atoms with van der Waals surface area (Å²) >= 11 is 0. The third-order valence-electron chi connectivity index (χ3n) is 3.89. The highest BCUT2D eigenvalue weighted by molar-refractivity contribution is 5.77. The number of carbonyl (C=O) groups is 1. The van der Waals surface area contributed by atoms with Gasteiger partial charge in [-0.15, -0.1) is 0 Å². The van der Waals surface area contributed by atoms with Crippen molar-refractivity contribution < 1.29 is 4.79 Å². The SMILES string of the molecule is Cc1cc(C)c(CN2CCC(C#N)CC2=O)c(C)c1. The predicted molar refractivity (Wildman–Crippen MR) is 74.4 cm³/mol. The van der Waals surface area contributed by atoms with Gasteiger partial charge < -0.3 is 4.90 Å². The van der Waals surface area contributed by atoms with Gasteiger partial charge in [0.25, 0.3) is 0 Å². The number of hydrogen-bond acceptors (Lipinski definition) is 2. The number of benzene rings is 1. The molecule has 3 heteroatoms. The first-order valence-corrected chi connectivity index (χ1v) is 6.75. The number of rotatable bonds is 2. The second-order valence-electron chi connectivity index (χ2n) is 5.51. The van der Waals surface area contributed by atoms with E-state index in [-0.39, 0.29) is 11.8 Å². The highest BCUT2D eigenvalue weighted by Crippen LogP contribution is 2.23. The van der Waals surface area contributed by atoms with Crippen molar-refractivity contribution in [2.24, 2.45) is 5.92 Å². The molecule has 1 saturated heterocycles. The number of carbonyl (C=O) groups excluding carboxylic acids is 1. The topological polar surface area (TPSA) is 44.1 Å². The van der Waals surface area contributed by atoms with Crippen molar-refractivity contribution in [2.45, 2.75) is 40.2 Å². The summed E-state index contributed by atoms with van der Waals surface area (Å²) in [6.45, 7) is 7.66. The van der Waals surface area contributed by atoms with Crippen LogP contribution in [0.3, 0.4) is 0 Å². The Morgan fingerprint density at radius 3 is 2.47 bits per heavy atom. The number of amides is 1. The van der Waals surface area contributed by atoms with E-state index in [0.29, 0.717) is 19.5 Å². The first-order chi connectivity index (χ1) is 9.01. The summed E-state index contributed by atoms with van der Waals surface area (Å²) in [5.74, 6) is 0.0149.